The second kappa shape index (κ2) is 6.41. The topological polar surface area (TPSA) is 97.7 Å². The van der Waals surface area contributed by atoms with Gasteiger partial charge in [0.15, 0.2) is 0 Å². The van der Waals surface area contributed by atoms with Crippen LogP contribution in [0.1, 0.15) is 26.2 Å². The van der Waals surface area contributed by atoms with E-state index in [0.717, 1.165) is 0 Å². The van der Waals surface area contributed by atoms with Crippen molar-refractivity contribution in [1.29, 1.82) is 0 Å². The molecule has 0 aromatic heterocycles. The highest BCUT2D eigenvalue weighted by Gasteiger charge is 2.07. The molecular formula is C7H16O6S2. The summed E-state index contributed by atoms with van der Waals surface area (Å²) >= 11 is 0. The minimum absolute atomic E-state index is 0.0572. The summed E-state index contributed by atoms with van der Waals surface area (Å²) in [7, 11) is -7.31. The molecule has 0 saturated carbocycles. The van der Waals surface area contributed by atoms with Crippen molar-refractivity contribution < 1.29 is 25.6 Å². The van der Waals surface area contributed by atoms with Gasteiger partial charge in [0.2, 0.25) is 0 Å². The number of rotatable bonds is 8. The molecule has 0 aliphatic rings. The van der Waals surface area contributed by atoms with Crippen molar-refractivity contribution in [2.45, 2.75) is 26.2 Å². The summed E-state index contributed by atoms with van der Waals surface area (Å²) in [5.41, 5.74) is 0. The van der Waals surface area contributed by atoms with Gasteiger partial charge in [0, 0.05) is 0 Å². The van der Waals surface area contributed by atoms with E-state index in [1.165, 1.54) is 6.92 Å². The first-order valence-corrected chi connectivity index (χ1v) is 7.78. The minimum Gasteiger partial charge on any atom is -0.286 e. The maximum absolute atomic E-state index is 10.8. The Labute approximate surface area is 90.5 Å². The predicted molar refractivity (Wildman–Crippen MR) is 55.7 cm³/mol. The van der Waals surface area contributed by atoms with E-state index in [1.807, 2.05) is 0 Å². The molecule has 8 heteroatoms. The van der Waals surface area contributed by atoms with Crippen molar-refractivity contribution >= 4 is 20.2 Å². The molecule has 0 fully saturated rings. The largest absolute Gasteiger partial charge is 0.286 e. The molecule has 0 amide bonds. The van der Waals surface area contributed by atoms with Crippen molar-refractivity contribution in [1.82, 2.24) is 0 Å². The van der Waals surface area contributed by atoms with Crippen LogP contribution in [0.5, 0.6) is 0 Å². The molecule has 0 heterocycles. The molecule has 0 spiro atoms. The Bertz CT molecular complexity index is 355. The zero-order chi connectivity index (χ0) is 11.9. The molecule has 92 valence electrons. The first kappa shape index (κ1) is 14.8. The van der Waals surface area contributed by atoms with Crippen LogP contribution in [0.25, 0.3) is 0 Å². The Kier molecular flexibility index (Phi) is 6.34. The van der Waals surface area contributed by atoms with Crippen LogP contribution in [0.15, 0.2) is 0 Å². The van der Waals surface area contributed by atoms with Gasteiger partial charge in [0.25, 0.3) is 20.2 Å². The molecule has 0 radical (unpaired) electrons. The standard InChI is InChI=1S/C7H16O6S2/c1-2-15(11,12)13-6-4-3-5-7-14(8,9)10/h2-7H2,1H3,(H,8,9,10). The molecule has 6 nitrogen and oxygen atoms in total. The first-order chi connectivity index (χ1) is 6.77. The Morgan fingerprint density at radius 2 is 1.67 bits per heavy atom. The number of hydrogen-bond acceptors (Lipinski definition) is 5. The van der Waals surface area contributed by atoms with Gasteiger partial charge in [-0.3, -0.25) is 8.74 Å². The van der Waals surface area contributed by atoms with Gasteiger partial charge in [-0.1, -0.05) is 6.42 Å². The van der Waals surface area contributed by atoms with Crippen LogP contribution in [-0.4, -0.2) is 39.5 Å². The SMILES string of the molecule is CCS(=O)(=O)OCCCCCS(=O)(=O)O. The normalized spacial score (nSPS) is 12.9. The third kappa shape index (κ3) is 10.1. The maximum atomic E-state index is 10.8. The van der Waals surface area contributed by atoms with E-state index in [4.69, 9.17) is 4.55 Å². The molecule has 0 rings (SSSR count). The summed E-state index contributed by atoms with van der Waals surface area (Å²) in [4.78, 5) is 0. The second-order valence-corrected chi connectivity index (χ2v) is 6.52. The van der Waals surface area contributed by atoms with E-state index in [0.29, 0.717) is 19.3 Å². The molecule has 15 heavy (non-hydrogen) atoms. The second-order valence-electron chi connectivity index (χ2n) is 3.02. The lowest BCUT2D eigenvalue weighted by atomic mass is 10.3. The zero-order valence-electron chi connectivity index (χ0n) is 8.55. The van der Waals surface area contributed by atoms with Gasteiger partial charge < -0.3 is 0 Å². The lowest BCUT2D eigenvalue weighted by Gasteiger charge is -2.02. The summed E-state index contributed by atoms with van der Waals surface area (Å²) in [6, 6.07) is 0. The lowest BCUT2D eigenvalue weighted by Crippen LogP contribution is -2.09. The van der Waals surface area contributed by atoms with Gasteiger partial charge in [0.05, 0.1) is 18.1 Å². The van der Waals surface area contributed by atoms with E-state index in [1.54, 1.807) is 0 Å². The highest BCUT2D eigenvalue weighted by molar-refractivity contribution is 7.86. The fraction of sp³-hybridized carbons (Fsp3) is 1.00. The Morgan fingerprint density at radius 1 is 1.07 bits per heavy atom. The third-order valence-electron chi connectivity index (χ3n) is 1.66. The summed E-state index contributed by atoms with van der Waals surface area (Å²) in [5.74, 6) is -0.369. The van der Waals surface area contributed by atoms with Crippen molar-refractivity contribution in [3.05, 3.63) is 0 Å². The molecule has 0 aliphatic carbocycles. The van der Waals surface area contributed by atoms with Gasteiger partial charge >= 0.3 is 0 Å². The van der Waals surface area contributed by atoms with Crippen LogP contribution < -0.4 is 0 Å². The van der Waals surface area contributed by atoms with Crippen LogP contribution >= 0.6 is 0 Å². The lowest BCUT2D eigenvalue weighted by molar-refractivity contribution is 0.308. The molecular weight excluding hydrogens is 244 g/mol. The first-order valence-electron chi connectivity index (χ1n) is 4.59. The molecule has 0 unspecified atom stereocenters. The van der Waals surface area contributed by atoms with Gasteiger partial charge in [-0.25, -0.2) is 0 Å². The summed E-state index contributed by atoms with van der Waals surface area (Å²) in [6.45, 7) is 1.54. The summed E-state index contributed by atoms with van der Waals surface area (Å²) in [6.07, 6.45) is 1.25. The van der Waals surface area contributed by atoms with Gasteiger partial charge in [-0.2, -0.15) is 16.8 Å². The number of unbranched alkanes of at least 4 members (excludes halogenated alkanes) is 2. The van der Waals surface area contributed by atoms with Crippen LogP contribution in [0, 0.1) is 0 Å². The predicted octanol–water partition coefficient (Wildman–Crippen LogP) is 0.411. The molecule has 0 aliphatic heterocycles. The molecule has 1 N–H and O–H groups in total. The highest BCUT2D eigenvalue weighted by Crippen LogP contribution is 2.01. The van der Waals surface area contributed by atoms with Crippen molar-refractivity contribution in [3.63, 3.8) is 0 Å². The van der Waals surface area contributed by atoms with E-state index in [2.05, 4.69) is 4.18 Å². The van der Waals surface area contributed by atoms with Gasteiger partial charge in [-0.05, 0) is 19.8 Å². The smallest absolute Gasteiger partial charge is 0.267 e. The Balaban J connectivity index is 3.50. The van der Waals surface area contributed by atoms with E-state index < -0.39 is 20.2 Å². The summed E-state index contributed by atoms with van der Waals surface area (Å²) < 4.78 is 55.2. The van der Waals surface area contributed by atoms with Gasteiger partial charge in [0.1, 0.15) is 0 Å². The van der Waals surface area contributed by atoms with Crippen molar-refractivity contribution in [2.75, 3.05) is 18.1 Å². The van der Waals surface area contributed by atoms with Crippen LogP contribution in [0.2, 0.25) is 0 Å². The van der Waals surface area contributed by atoms with Crippen molar-refractivity contribution in [3.8, 4) is 0 Å². The third-order valence-corrected chi connectivity index (χ3v) is 3.70. The monoisotopic (exact) mass is 260 g/mol. The average Bonchev–Trinajstić information content (AvgIpc) is 2.09. The quantitative estimate of drug-likeness (QED) is 0.385. The Morgan fingerprint density at radius 3 is 2.13 bits per heavy atom. The van der Waals surface area contributed by atoms with Crippen molar-refractivity contribution in [2.24, 2.45) is 0 Å². The molecule has 0 saturated heterocycles. The van der Waals surface area contributed by atoms with E-state index >= 15 is 0 Å². The fourth-order valence-electron chi connectivity index (χ4n) is 0.833. The van der Waals surface area contributed by atoms with E-state index in [-0.39, 0.29) is 18.1 Å². The van der Waals surface area contributed by atoms with Crippen LogP contribution in [0.3, 0.4) is 0 Å². The maximum Gasteiger partial charge on any atom is 0.267 e. The Hall–Kier alpha value is -0.180. The summed E-state index contributed by atoms with van der Waals surface area (Å²) in [5, 5.41) is 0. The molecule has 0 aromatic carbocycles. The number of hydrogen-bond donors (Lipinski definition) is 1. The van der Waals surface area contributed by atoms with Gasteiger partial charge in [-0.15, -0.1) is 0 Å². The zero-order valence-corrected chi connectivity index (χ0v) is 10.2. The minimum atomic E-state index is -3.90. The highest BCUT2D eigenvalue weighted by atomic mass is 32.2. The molecule has 0 aromatic rings. The molecule has 0 bridgehead atoms. The van der Waals surface area contributed by atoms with Crippen LogP contribution in [-0.2, 0) is 24.4 Å². The van der Waals surface area contributed by atoms with E-state index in [9.17, 15) is 16.8 Å². The molecule has 0 atom stereocenters. The average molecular weight is 260 g/mol. The van der Waals surface area contributed by atoms with Crippen LogP contribution in [0.4, 0.5) is 0 Å². The fourth-order valence-corrected chi connectivity index (χ4v) is 1.94.